The highest BCUT2D eigenvalue weighted by Gasteiger charge is 2.46. The van der Waals surface area contributed by atoms with Gasteiger partial charge >= 0.3 is 0 Å². The number of hydrogen-bond donors (Lipinski definition) is 12. The molecule has 0 aromatic heterocycles. The van der Waals surface area contributed by atoms with Crippen molar-refractivity contribution in [3.63, 3.8) is 0 Å². The van der Waals surface area contributed by atoms with Crippen molar-refractivity contribution in [2.75, 3.05) is 119 Å². The fourth-order valence-corrected chi connectivity index (χ4v) is 7.23. The van der Waals surface area contributed by atoms with Crippen LogP contribution in [0.2, 0.25) is 0 Å². The van der Waals surface area contributed by atoms with E-state index in [-0.39, 0.29) is 35.7 Å². The number of aliphatic hydroxyl groups excluding tert-OH is 8. The zero-order valence-electron chi connectivity index (χ0n) is 42.8. The average Bonchev–Trinajstić information content (AvgIpc) is 3.43. The van der Waals surface area contributed by atoms with Gasteiger partial charge in [-0.2, -0.15) is 0 Å². The normalized spacial score (nSPS) is 23.4. The molecule has 31 heteroatoms. The Hall–Kier alpha value is -5.59. The van der Waals surface area contributed by atoms with Crippen molar-refractivity contribution < 1.29 is 108 Å². The molecular formula is C47H73N7O24. The lowest BCUT2D eigenvalue weighted by Gasteiger charge is -2.39. The van der Waals surface area contributed by atoms with E-state index in [2.05, 4.69) is 20.9 Å². The van der Waals surface area contributed by atoms with E-state index in [4.69, 9.17) is 53.1 Å². The zero-order valence-corrected chi connectivity index (χ0v) is 42.8. The van der Waals surface area contributed by atoms with E-state index in [1.807, 2.05) is 0 Å². The third-order valence-corrected chi connectivity index (χ3v) is 11.4. The molecule has 10 atom stereocenters. The van der Waals surface area contributed by atoms with Crippen LogP contribution in [0.5, 0.6) is 11.5 Å². The van der Waals surface area contributed by atoms with Crippen LogP contribution >= 0.6 is 0 Å². The molecule has 0 bridgehead atoms. The maximum absolute atomic E-state index is 12.8. The monoisotopic (exact) mass is 1120 g/mol. The molecule has 13 N–H and O–H groups in total. The molecule has 2 saturated heterocycles. The molecule has 2 aliphatic heterocycles. The highest BCUT2D eigenvalue weighted by molar-refractivity contribution is 5.96. The second-order valence-corrected chi connectivity index (χ2v) is 17.4. The van der Waals surface area contributed by atoms with Gasteiger partial charge in [0.2, 0.25) is 12.6 Å². The number of nitro groups is 2. The van der Waals surface area contributed by atoms with E-state index >= 15 is 0 Å². The molecule has 0 spiro atoms. The topological polar surface area (TPSA) is 449 Å². The van der Waals surface area contributed by atoms with Gasteiger partial charge < -0.3 is 110 Å². The van der Waals surface area contributed by atoms with Crippen molar-refractivity contribution in [2.24, 2.45) is 10.7 Å². The van der Waals surface area contributed by atoms with E-state index in [0.29, 0.717) is 124 Å². The van der Waals surface area contributed by atoms with Gasteiger partial charge in [0.1, 0.15) is 60.3 Å². The second-order valence-electron chi connectivity index (χ2n) is 17.4. The van der Waals surface area contributed by atoms with Gasteiger partial charge in [0.25, 0.3) is 23.2 Å². The Kier molecular flexibility index (Phi) is 29.8. The molecule has 2 amide bonds. The number of carbonyl (C=O) groups excluding carboxylic acids is 2. The standard InChI is InChI=1S/C47H73N7O24/c48-47(51-7-3-11-71-15-19-73-17-13-69-9-1-5-49-43(63)29-21-31(53(65)66)25-33(23-29)75-45-41(61)39(59)37(57)35(27-55)77-45)52-8-4-12-72-16-20-74-18-14-70-10-2-6-50-44(64)30-22-32(54(67)68)26-34(24-30)76-46-42(62)40(60)38(58)36(28-56)78-46/h21-26,35-42,45-46,55-62H,1-20,27-28H2,(H,49,63)(H,50,64)(H3,48,51,52)/t35-,36-,37+,38+,39+,40+,41-,42-,45+,46+/m1/s1. The summed E-state index contributed by atoms with van der Waals surface area (Å²) in [5, 5.41) is 111. The quantitative estimate of drug-likeness (QED) is 0.0102. The lowest BCUT2D eigenvalue weighted by atomic mass is 9.99. The van der Waals surface area contributed by atoms with Crippen LogP contribution < -0.4 is 31.2 Å². The molecule has 0 saturated carbocycles. The number of non-ortho nitro benzene ring substituents is 2. The number of carbonyl (C=O) groups is 2. The Morgan fingerprint density at radius 1 is 0.513 bits per heavy atom. The summed E-state index contributed by atoms with van der Waals surface area (Å²) in [5.74, 6) is -1.42. The maximum atomic E-state index is 12.8. The van der Waals surface area contributed by atoms with Crippen LogP contribution in [0.1, 0.15) is 46.4 Å². The number of aliphatic hydroxyl groups is 8. The highest BCUT2D eigenvalue weighted by Crippen LogP contribution is 2.30. The fourth-order valence-electron chi connectivity index (χ4n) is 7.23. The average molecular weight is 1120 g/mol. The smallest absolute Gasteiger partial charge is 0.273 e. The van der Waals surface area contributed by atoms with Crippen molar-refractivity contribution in [1.29, 1.82) is 0 Å². The van der Waals surface area contributed by atoms with E-state index in [1.165, 1.54) is 12.1 Å². The molecule has 0 unspecified atom stereocenters. The van der Waals surface area contributed by atoms with Crippen molar-refractivity contribution >= 4 is 29.1 Å². The van der Waals surface area contributed by atoms with Crippen LogP contribution in [0.15, 0.2) is 41.4 Å². The van der Waals surface area contributed by atoms with Crippen LogP contribution in [-0.4, -0.2) is 249 Å². The SMILES string of the molecule is NC(=NCCCOCCOCCOCCCNC(=O)c1cc(O[C@H]2O[C@H](CO)[C@H](O)[C@H](O)[C@H]2O)cc([N+](=O)[O-])c1)NCCCOCCOCCOCCCNC(=O)c1cc(O[C@H]2O[C@H](CO)[C@H](O)[C@H](O)[C@H]2O)cc([N+](=O)[O-])c1. The molecule has 2 aromatic rings. The summed E-state index contributed by atoms with van der Waals surface area (Å²) < 4.78 is 54.7. The number of guanidine groups is 1. The summed E-state index contributed by atoms with van der Waals surface area (Å²) >= 11 is 0. The van der Waals surface area contributed by atoms with Crippen molar-refractivity contribution in [2.45, 2.75) is 87.1 Å². The Bertz CT molecular complexity index is 2150. The van der Waals surface area contributed by atoms with Gasteiger partial charge in [-0.15, -0.1) is 0 Å². The number of nitrogens with two attached hydrogens (primary N) is 1. The first kappa shape index (κ1) is 64.9. The number of rotatable bonds is 38. The minimum Gasteiger partial charge on any atom is -0.462 e. The first-order valence-corrected chi connectivity index (χ1v) is 25.1. The summed E-state index contributed by atoms with van der Waals surface area (Å²) in [4.78, 5) is 51.4. The number of nitrogens with zero attached hydrogens (tertiary/aromatic N) is 3. The molecule has 2 fully saturated rings. The van der Waals surface area contributed by atoms with E-state index in [1.54, 1.807) is 0 Å². The third kappa shape index (κ3) is 22.6. The van der Waals surface area contributed by atoms with Crippen LogP contribution in [0.25, 0.3) is 0 Å². The molecule has 2 aromatic carbocycles. The number of nitro benzene ring substituents is 2. The van der Waals surface area contributed by atoms with Gasteiger partial charge in [-0.1, -0.05) is 0 Å². The lowest BCUT2D eigenvalue weighted by molar-refractivity contribution is -0.385. The first-order valence-electron chi connectivity index (χ1n) is 25.1. The van der Waals surface area contributed by atoms with Crippen molar-refractivity contribution in [3.05, 3.63) is 67.8 Å². The van der Waals surface area contributed by atoms with E-state index in [0.717, 1.165) is 24.3 Å². The van der Waals surface area contributed by atoms with Crippen LogP contribution in [0.4, 0.5) is 11.4 Å². The molecule has 2 heterocycles. The van der Waals surface area contributed by atoms with Crippen LogP contribution in [0, 0.1) is 20.2 Å². The third-order valence-electron chi connectivity index (χ3n) is 11.4. The molecule has 78 heavy (non-hydrogen) atoms. The number of benzene rings is 2. The van der Waals surface area contributed by atoms with Crippen molar-refractivity contribution in [1.82, 2.24) is 16.0 Å². The number of amides is 2. The summed E-state index contributed by atoms with van der Waals surface area (Å²) in [6.45, 7) is 4.24. The molecule has 4 rings (SSSR count). The molecule has 0 radical (unpaired) electrons. The van der Waals surface area contributed by atoms with E-state index < -0.39 is 108 Å². The lowest BCUT2D eigenvalue weighted by Crippen LogP contribution is -2.60. The van der Waals surface area contributed by atoms with Crippen LogP contribution in [0.3, 0.4) is 0 Å². The first-order chi connectivity index (χ1) is 37.5. The highest BCUT2D eigenvalue weighted by atomic mass is 16.7. The number of aliphatic imine (C=N–C) groups is 1. The molecule has 440 valence electrons. The van der Waals surface area contributed by atoms with Gasteiger partial charge in [-0.3, -0.25) is 34.8 Å². The van der Waals surface area contributed by atoms with Gasteiger partial charge in [-0.25, -0.2) is 0 Å². The zero-order chi connectivity index (χ0) is 56.8. The Labute approximate surface area is 447 Å². The van der Waals surface area contributed by atoms with Crippen molar-refractivity contribution in [3.8, 4) is 11.5 Å². The summed E-state index contributed by atoms with van der Waals surface area (Å²) in [6.07, 6.45) is -13.8. The number of nitrogens with one attached hydrogen (secondary N) is 3. The predicted octanol–water partition coefficient (Wildman–Crippen LogP) is -3.42. The minimum absolute atomic E-state index is 0.116. The van der Waals surface area contributed by atoms with Gasteiger partial charge in [0, 0.05) is 75.9 Å². The Morgan fingerprint density at radius 2 is 0.859 bits per heavy atom. The van der Waals surface area contributed by atoms with E-state index in [9.17, 15) is 70.7 Å². The summed E-state index contributed by atoms with van der Waals surface area (Å²) in [7, 11) is 0. The second kappa shape index (κ2) is 35.8. The Balaban J connectivity index is 0.905. The molecule has 0 aliphatic carbocycles. The fraction of sp³-hybridized carbons (Fsp3) is 0.681. The number of ether oxygens (including phenoxy) is 10. The molecular weight excluding hydrogens is 1050 g/mol. The van der Waals surface area contributed by atoms with Gasteiger partial charge in [0.15, 0.2) is 5.96 Å². The minimum atomic E-state index is -1.76. The summed E-state index contributed by atoms with van der Waals surface area (Å²) in [5.41, 5.74) is 4.72. The van der Waals surface area contributed by atoms with Gasteiger partial charge in [-0.05, 0) is 37.8 Å². The number of hydrogen-bond acceptors (Lipinski definition) is 25. The Morgan fingerprint density at radius 3 is 1.22 bits per heavy atom. The van der Waals surface area contributed by atoms with Gasteiger partial charge in [0.05, 0.1) is 88.0 Å². The molecule has 31 nitrogen and oxygen atoms in total. The maximum Gasteiger partial charge on any atom is 0.273 e. The predicted molar refractivity (Wildman–Crippen MR) is 268 cm³/mol. The largest absolute Gasteiger partial charge is 0.462 e. The van der Waals surface area contributed by atoms with Crippen LogP contribution in [-0.2, 0) is 37.9 Å². The molecule has 2 aliphatic rings. The summed E-state index contributed by atoms with van der Waals surface area (Å²) in [6, 6.07) is 6.45.